The molecule has 3 aliphatic heterocycles. The number of ether oxygens (including phenoxy) is 2. The van der Waals surface area contributed by atoms with Crippen LogP contribution in [0.15, 0.2) is 164 Å². The molecule has 11 nitrogen and oxygen atoms in total. The third-order valence-corrected chi connectivity index (χ3v) is 12.7. The molecule has 11 heteroatoms. The Morgan fingerprint density at radius 3 is 2.15 bits per heavy atom. The lowest BCUT2D eigenvalue weighted by Gasteiger charge is -2.46. The molecule has 0 aromatic heterocycles. The maximum Gasteiger partial charge on any atom is 0.324 e. The molecule has 6 aromatic carbocycles. The van der Waals surface area contributed by atoms with Crippen molar-refractivity contribution in [1.82, 2.24) is 15.1 Å². The van der Waals surface area contributed by atoms with Crippen LogP contribution in [0.3, 0.4) is 0 Å². The average molecular weight is 867 g/mol. The largest absolute Gasteiger partial charge is 0.491 e. The van der Waals surface area contributed by atoms with E-state index in [4.69, 9.17) is 9.47 Å². The standard InChI is InChI=1S/C54H50N4O7/c1-57(35-37-15-6-2-7-16-37)30-14-17-36-24-29-44-43(33-36)54(53(63)56-44)46(51(61)55-34-45(60)38-18-8-3-9-19-38)48-52(62)65-49(40-22-12-5-13-23-40)47(39-20-10-4-11-21-39)58(48)50(54)41-25-27-42(28-26-41)64-32-31-59/h2-13,15-16,18-29,33,45-50,59-60H,30-32,34-35H2,1H3,(H,55,61)(H,56,63)/t45-,46-,47-,48-,49+,50+,54-/m0/s1. The van der Waals surface area contributed by atoms with Gasteiger partial charge in [0, 0.05) is 24.3 Å². The number of benzene rings is 6. The monoisotopic (exact) mass is 866 g/mol. The van der Waals surface area contributed by atoms with Crippen LogP contribution in [0.4, 0.5) is 5.69 Å². The van der Waals surface area contributed by atoms with E-state index in [1.807, 2.05) is 127 Å². The highest BCUT2D eigenvalue weighted by atomic mass is 16.6. The number of fused-ring (bicyclic) bond motifs is 3. The van der Waals surface area contributed by atoms with Gasteiger partial charge in [0.1, 0.15) is 29.9 Å². The molecule has 4 N–H and O–H groups in total. The highest BCUT2D eigenvalue weighted by Gasteiger charge is 2.74. The van der Waals surface area contributed by atoms with Gasteiger partial charge in [0.25, 0.3) is 0 Å². The molecule has 0 saturated carbocycles. The number of amides is 2. The number of esters is 1. The van der Waals surface area contributed by atoms with E-state index in [0.717, 1.165) is 11.1 Å². The summed E-state index contributed by atoms with van der Waals surface area (Å²) in [6.07, 6.45) is -1.90. The maximum absolute atomic E-state index is 15.5. The zero-order valence-electron chi connectivity index (χ0n) is 35.9. The molecule has 0 unspecified atom stereocenters. The van der Waals surface area contributed by atoms with Gasteiger partial charge < -0.3 is 30.3 Å². The molecule has 7 atom stereocenters. The van der Waals surface area contributed by atoms with E-state index in [1.54, 1.807) is 36.4 Å². The van der Waals surface area contributed by atoms with Crippen LogP contribution >= 0.6 is 0 Å². The quantitative estimate of drug-likeness (QED) is 0.0742. The summed E-state index contributed by atoms with van der Waals surface area (Å²) in [5.41, 5.74) is 3.90. The zero-order valence-corrected chi connectivity index (χ0v) is 35.9. The van der Waals surface area contributed by atoms with Crippen LogP contribution < -0.4 is 15.4 Å². The van der Waals surface area contributed by atoms with Gasteiger partial charge in [-0.15, -0.1) is 0 Å². The van der Waals surface area contributed by atoms with E-state index in [9.17, 15) is 10.2 Å². The van der Waals surface area contributed by atoms with Crippen molar-refractivity contribution in [3.05, 3.63) is 203 Å². The van der Waals surface area contributed by atoms with Crippen LogP contribution in [-0.2, 0) is 31.1 Å². The molecule has 0 radical (unpaired) electrons. The lowest BCUT2D eigenvalue weighted by Crippen LogP contribution is -2.55. The number of morpholine rings is 1. The smallest absolute Gasteiger partial charge is 0.324 e. The molecule has 3 heterocycles. The minimum atomic E-state index is -1.74. The number of hydrogen-bond donors (Lipinski definition) is 4. The molecule has 2 amide bonds. The number of nitrogens with one attached hydrogen (secondary N) is 2. The van der Waals surface area contributed by atoms with E-state index < -0.39 is 59.5 Å². The summed E-state index contributed by atoms with van der Waals surface area (Å²) >= 11 is 0. The van der Waals surface area contributed by atoms with Gasteiger partial charge in [-0.3, -0.25) is 24.2 Å². The number of nitrogens with zero attached hydrogens (tertiary/aromatic N) is 2. The minimum Gasteiger partial charge on any atom is -0.491 e. The lowest BCUT2D eigenvalue weighted by atomic mass is 9.65. The maximum atomic E-state index is 15.5. The number of aliphatic hydroxyl groups excluding tert-OH is 2. The molecule has 0 bridgehead atoms. The fourth-order valence-corrected chi connectivity index (χ4v) is 9.91. The number of cyclic esters (lactones) is 1. The van der Waals surface area contributed by atoms with Crippen LogP contribution in [-0.4, -0.2) is 77.2 Å². The van der Waals surface area contributed by atoms with Crippen LogP contribution in [0.5, 0.6) is 5.75 Å². The molecule has 1 spiro atoms. The highest BCUT2D eigenvalue weighted by molar-refractivity contribution is 6.12. The van der Waals surface area contributed by atoms with Crippen LogP contribution in [0, 0.1) is 17.8 Å². The number of carbonyl (C=O) groups is 3. The first kappa shape index (κ1) is 43.2. The second-order valence-electron chi connectivity index (χ2n) is 16.8. The summed E-state index contributed by atoms with van der Waals surface area (Å²) in [7, 11) is 2.00. The SMILES string of the molecule is CN(CC#Cc1ccc2c(c1)[C@]1(C(=O)N2)[C@H](C(=O)NC[C@H](O)c2ccccc2)[C@H]2C(=O)O[C@H](c3ccccc3)[C@H](c3ccccc3)N2[C@@H]1c1ccc(OCCO)cc1)Cc1ccccc1. The van der Waals surface area contributed by atoms with Crippen molar-refractivity contribution in [2.45, 2.75) is 42.3 Å². The Morgan fingerprint density at radius 1 is 0.831 bits per heavy atom. The fraction of sp³-hybridized carbons (Fsp3) is 0.241. The average Bonchev–Trinajstić information content (AvgIpc) is 3.82. The Balaban J connectivity index is 1.22. The van der Waals surface area contributed by atoms with E-state index >= 15 is 14.4 Å². The minimum absolute atomic E-state index is 0.0836. The van der Waals surface area contributed by atoms with Crippen LogP contribution in [0.25, 0.3) is 0 Å². The lowest BCUT2D eigenvalue weighted by molar-refractivity contribution is -0.178. The second-order valence-corrected chi connectivity index (χ2v) is 16.8. The zero-order chi connectivity index (χ0) is 44.9. The van der Waals surface area contributed by atoms with Gasteiger partial charge in [-0.1, -0.05) is 145 Å². The summed E-state index contributed by atoms with van der Waals surface area (Å²) in [5.74, 6) is 4.06. The molecule has 65 heavy (non-hydrogen) atoms. The second kappa shape index (κ2) is 19.0. The van der Waals surface area contributed by atoms with Crippen molar-refractivity contribution in [2.24, 2.45) is 5.92 Å². The van der Waals surface area contributed by atoms with Gasteiger partial charge in [-0.2, -0.15) is 0 Å². The van der Waals surface area contributed by atoms with Gasteiger partial charge in [-0.25, -0.2) is 0 Å². The van der Waals surface area contributed by atoms with Crippen molar-refractivity contribution in [1.29, 1.82) is 0 Å². The number of carbonyl (C=O) groups excluding carboxylic acids is 3. The first-order valence-electron chi connectivity index (χ1n) is 21.9. The normalized spacial score (nSPS) is 22.6. The topological polar surface area (TPSA) is 141 Å². The molecule has 0 aliphatic carbocycles. The van der Waals surface area contributed by atoms with E-state index in [2.05, 4.69) is 39.5 Å². The summed E-state index contributed by atoms with van der Waals surface area (Å²) in [5, 5.41) is 27.0. The van der Waals surface area contributed by atoms with Gasteiger partial charge in [-0.05, 0) is 70.8 Å². The number of anilines is 1. The Morgan fingerprint density at radius 2 is 1.48 bits per heavy atom. The van der Waals surface area contributed by atoms with Gasteiger partial charge >= 0.3 is 5.97 Å². The third kappa shape index (κ3) is 8.41. The fourth-order valence-electron chi connectivity index (χ4n) is 9.91. The molecule has 9 rings (SSSR count). The summed E-state index contributed by atoms with van der Waals surface area (Å²) in [4.78, 5) is 50.2. The van der Waals surface area contributed by atoms with Gasteiger partial charge in [0.2, 0.25) is 11.8 Å². The first-order valence-corrected chi connectivity index (χ1v) is 21.9. The Hall–Kier alpha value is -7.07. The number of rotatable bonds is 13. The van der Waals surface area contributed by atoms with Crippen molar-refractivity contribution in [3.8, 4) is 17.6 Å². The Kier molecular flexibility index (Phi) is 12.6. The molecule has 2 saturated heterocycles. The summed E-state index contributed by atoms with van der Waals surface area (Å²) in [6.45, 7) is 0.913. The van der Waals surface area contributed by atoms with E-state index in [1.165, 1.54) is 5.56 Å². The predicted octanol–water partition coefficient (Wildman–Crippen LogP) is 6.66. The van der Waals surface area contributed by atoms with Crippen molar-refractivity contribution in [3.63, 3.8) is 0 Å². The van der Waals surface area contributed by atoms with Crippen molar-refractivity contribution in [2.75, 3.05) is 38.7 Å². The molecule has 3 aliphatic rings. The Labute approximate surface area is 378 Å². The highest BCUT2D eigenvalue weighted by Crippen LogP contribution is 2.64. The van der Waals surface area contributed by atoms with E-state index in [-0.39, 0.29) is 19.8 Å². The third-order valence-electron chi connectivity index (χ3n) is 12.7. The van der Waals surface area contributed by atoms with Gasteiger partial charge in [0.05, 0.1) is 37.3 Å². The first-order chi connectivity index (χ1) is 31.8. The molecular formula is C54H50N4O7. The molecule has 328 valence electrons. The molecule has 2 fully saturated rings. The molecule has 6 aromatic rings. The van der Waals surface area contributed by atoms with Crippen molar-refractivity contribution < 1.29 is 34.1 Å². The molecular weight excluding hydrogens is 817 g/mol. The van der Waals surface area contributed by atoms with Crippen LogP contribution in [0.2, 0.25) is 0 Å². The number of aliphatic hydroxyl groups is 2. The van der Waals surface area contributed by atoms with Gasteiger partial charge in [0.15, 0.2) is 0 Å². The summed E-state index contributed by atoms with van der Waals surface area (Å²) < 4.78 is 12.3. The summed E-state index contributed by atoms with van der Waals surface area (Å²) in [6, 6.07) is 48.3. The predicted molar refractivity (Wildman–Crippen MR) is 246 cm³/mol. The Bertz CT molecular complexity index is 2690. The van der Waals surface area contributed by atoms with E-state index in [0.29, 0.717) is 46.8 Å². The van der Waals surface area contributed by atoms with Crippen molar-refractivity contribution >= 4 is 23.5 Å². The van der Waals surface area contributed by atoms with Crippen LogP contribution in [0.1, 0.15) is 63.2 Å². The number of hydrogen-bond acceptors (Lipinski definition) is 9.